The van der Waals surface area contributed by atoms with E-state index in [-0.39, 0.29) is 11.3 Å². The second-order valence-electron chi connectivity index (χ2n) is 6.53. The molecular formula is C16H21N3O3S2. The lowest BCUT2D eigenvalue weighted by Crippen LogP contribution is -2.39. The van der Waals surface area contributed by atoms with E-state index in [1.54, 1.807) is 15.6 Å². The van der Waals surface area contributed by atoms with Gasteiger partial charge in [0.05, 0.1) is 5.25 Å². The van der Waals surface area contributed by atoms with Crippen molar-refractivity contribution in [1.29, 1.82) is 0 Å². The summed E-state index contributed by atoms with van der Waals surface area (Å²) in [4.78, 5) is 0. The highest BCUT2D eigenvalue weighted by atomic mass is 32.2. The SMILES string of the molecule is O=S(=O)(C1CCCCC1)N1CCC[C@H]1c1nnc(-c2ccsc2)o1. The molecule has 4 rings (SSSR count). The van der Waals surface area contributed by atoms with Gasteiger partial charge in [0.25, 0.3) is 0 Å². The number of thiophene rings is 1. The molecule has 1 saturated carbocycles. The maximum absolute atomic E-state index is 13.0. The summed E-state index contributed by atoms with van der Waals surface area (Å²) in [6, 6.07) is 1.62. The van der Waals surface area contributed by atoms with Crippen molar-refractivity contribution in [3.63, 3.8) is 0 Å². The Morgan fingerprint density at radius 3 is 2.71 bits per heavy atom. The fourth-order valence-corrected chi connectivity index (χ4v) is 6.59. The van der Waals surface area contributed by atoms with E-state index in [0.29, 0.717) is 18.3 Å². The molecule has 0 amide bonds. The molecule has 2 fully saturated rings. The first-order valence-corrected chi connectivity index (χ1v) is 11.0. The Bertz CT molecular complexity index is 779. The molecule has 1 saturated heterocycles. The van der Waals surface area contributed by atoms with Gasteiger partial charge in [-0.15, -0.1) is 10.2 Å². The van der Waals surface area contributed by atoms with Gasteiger partial charge in [-0.05, 0) is 37.1 Å². The van der Waals surface area contributed by atoms with E-state index in [9.17, 15) is 8.42 Å². The molecule has 6 nitrogen and oxygen atoms in total. The Balaban J connectivity index is 1.58. The summed E-state index contributed by atoms with van der Waals surface area (Å²) in [6.07, 6.45) is 6.29. The Kier molecular flexibility index (Phi) is 4.44. The maximum Gasteiger partial charge on any atom is 0.248 e. The van der Waals surface area contributed by atoms with Gasteiger partial charge < -0.3 is 4.42 Å². The fraction of sp³-hybridized carbons (Fsp3) is 0.625. The van der Waals surface area contributed by atoms with Crippen LogP contribution in [-0.4, -0.2) is 34.7 Å². The third-order valence-corrected chi connectivity index (χ3v) is 8.09. The number of nitrogens with zero attached hydrogens (tertiary/aromatic N) is 3. The monoisotopic (exact) mass is 367 g/mol. The minimum absolute atomic E-state index is 0.244. The van der Waals surface area contributed by atoms with Gasteiger partial charge in [0.15, 0.2) is 0 Å². The molecule has 2 aromatic rings. The standard InChI is InChI=1S/C16H21N3O3S2/c20-24(21,13-5-2-1-3-6-13)19-9-4-7-14(19)16-18-17-15(22-16)12-8-10-23-11-12/h8,10-11,13-14H,1-7,9H2/t14-/m0/s1. The van der Waals surface area contributed by atoms with Crippen molar-refractivity contribution in [2.24, 2.45) is 0 Å². The van der Waals surface area contributed by atoms with Crippen molar-refractivity contribution in [2.45, 2.75) is 56.2 Å². The average molecular weight is 367 g/mol. The molecule has 0 N–H and O–H groups in total. The second kappa shape index (κ2) is 6.57. The van der Waals surface area contributed by atoms with E-state index in [0.717, 1.165) is 50.5 Å². The van der Waals surface area contributed by atoms with Crippen molar-refractivity contribution < 1.29 is 12.8 Å². The molecule has 24 heavy (non-hydrogen) atoms. The van der Waals surface area contributed by atoms with Gasteiger partial charge in [-0.2, -0.15) is 15.6 Å². The molecule has 1 aliphatic carbocycles. The molecule has 1 atom stereocenters. The van der Waals surface area contributed by atoms with Gasteiger partial charge in [-0.25, -0.2) is 8.42 Å². The van der Waals surface area contributed by atoms with Gasteiger partial charge in [0.1, 0.15) is 6.04 Å². The summed E-state index contributed by atoms with van der Waals surface area (Å²) in [5.74, 6) is 0.890. The van der Waals surface area contributed by atoms with Crippen LogP contribution in [0.3, 0.4) is 0 Å². The van der Waals surface area contributed by atoms with Crippen LogP contribution in [0.15, 0.2) is 21.2 Å². The third kappa shape index (κ3) is 2.91. The third-order valence-electron chi connectivity index (χ3n) is 5.00. The zero-order chi connectivity index (χ0) is 16.6. The van der Waals surface area contributed by atoms with Gasteiger partial charge >= 0.3 is 0 Å². The first-order valence-electron chi connectivity index (χ1n) is 8.53. The quantitative estimate of drug-likeness (QED) is 0.825. The van der Waals surface area contributed by atoms with Crippen LogP contribution in [0.1, 0.15) is 56.9 Å². The fourth-order valence-electron chi connectivity index (χ4n) is 3.72. The summed E-state index contributed by atoms with van der Waals surface area (Å²) in [5, 5.41) is 11.9. The molecule has 0 unspecified atom stereocenters. The topological polar surface area (TPSA) is 76.3 Å². The summed E-state index contributed by atoms with van der Waals surface area (Å²) in [6.45, 7) is 0.555. The molecule has 2 aromatic heterocycles. The predicted molar refractivity (Wildman–Crippen MR) is 92.1 cm³/mol. The van der Waals surface area contributed by atoms with Crippen molar-refractivity contribution >= 4 is 21.4 Å². The maximum atomic E-state index is 13.0. The first kappa shape index (κ1) is 16.2. The summed E-state index contributed by atoms with van der Waals surface area (Å²) < 4.78 is 33.5. The predicted octanol–water partition coefficient (Wildman–Crippen LogP) is 3.60. The molecule has 0 aromatic carbocycles. The molecule has 2 aliphatic rings. The van der Waals surface area contributed by atoms with E-state index in [1.807, 2.05) is 16.8 Å². The second-order valence-corrected chi connectivity index (χ2v) is 9.48. The van der Waals surface area contributed by atoms with E-state index in [4.69, 9.17) is 4.42 Å². The summed E-state index contributed by atoms with van der Waals surface area (Å²) in [7, 11) is -3.30. The lowest BCUT2D eigenvalue weighted by atomic mass is 10.0. The Labute approximate surface area is 145 Å². The zero-order valence-corrected chi connectivity index (χ0v) is 15.1. The van der Waals surface area contributed by atoms with E-state index in [1.165, 1.54) is 0 Å². The summed E-state index contributed by atoms with van der Waals surface area (Å²) in [5.41, 5.74) is 0.887. The first-order chi connectivity index (χ1) is 11.7. The molecule has 8 heteroatoms. The Morgan fingerprint density at radius 1 is 1.12 bits per heavy atom. The van der Waals surface area contributed by atoms with Gasteiger partial charge in [0.2, 0.25) is 21.8 Å². The summed E-state index contributed by atoms with van der Waals surface area (Å²) >= 11 is 1.57. The molecule has 1 aliphatic heterocycles. The van der Waals surface area contributed by atoms with Crippen LogP contribution >= 0.6 is 11.3 Å². The molecule has 0 radical (unpaired) electrons. The normalized spacial score (nSPS) is 23.8. The van der Waals surface area contributed by atoms with E-state index < -0.39 is 10.0 Å². The molecule has 0 spiro atoms. The van der Waals surface area contributed by atoms with Crippen LogP contribution in [-0.2, 0) is 10.0 Å². The van der Waals surface area contributed by atoms with Crippen molar-refractivity contribution in [3.8, 4) is 11.5 Å². The average Bonchev–Trinajstić information content (AvgIpc) is 3.34. The molecular weight excluding hydrogens is 346 g/mol. The molecule has 130 valence electrons. The van der Waals surface area contributed by atoms with Gasteiger partial charge in [-0.3, -0.25) is 0 Å². The Morgan fingerprint density at radius 2 is 1.96 bits per heavy atom. The minimum Gasteiger partial charge on any atom is -0.419 e. The number of hydrogen-bond acceptors (Lipinski definition) is 6. The van der Waals surface area contributed by atoms with E-state index >= 15 is 0 Å². The lowest BCUT2D eigenvalue weighted by Gasteiger charge is -2.29. The highest BCUT2D eigenvalue weighted by molar-refractivity contribution is 7.89. The van der Waals surface area contributed by atoms with Crippen molar-refractivity contribution in [1.82, 2.24) is 14.5 Å². The van der Waals surface area contributed by atoms with Crippen LogP contribution < -0.4 is 0 Å². The largest absolute Gasteiger partial charge is 0.419 e. The van der Waals surface area contributed by atoms with Crippen LogP contribution in [0, 0.1) is 0 Å². The number of rotatable bonds is 4. The number of aromatic nitrogens is 2. The number of sulfonamides is 1. The smallest absolute Gasteiger partial charge is 0.248 e. The highest BCUT2D eigenvalue weighted by Crippen LogP contribution is 2.38. The highest BCUT2D eigenvalue weighted by Gasteiger charge is 2.42. The van der Waals surface area contributed by atoms with Crippen LogP contribution in [0.2, 0.25) is 0 Å². The van der Waals surface area contributed by atoms with E-state index in [2.05, 4.69) is 10.2 Å². The Hall–Kier alpha value is -1.25. The van der Waals surface area contributed by atoms with Gasteiger partial charge in [-0.1, -0.05) is 19.3 Å². The minimum atomic E-state index is -3.30. The molecule has 0 bridgehead atoms. The zero-order valence-electron chi connectivity index (χ0n) is 13.4. The molecule has 3 heterocycles. The van der Waals surface area contributed by atoms with Crippen LogP contribution in [0.5, 0.6) is 0 Å². The van der Waals surface area contributed by atoms with Crippen molar-refractivity contribution in [2.75, 3.05) is 6.54 Å². The van der Waals surface area contributed by atoms with Crippen molar-refractivity contribution in [3.05, 3.63) is 22.7 Å². The van der Waals surface area contributed by atoms with Crippen LogP contribution in [0.4, 0.5) is 0 Å². The van der Waals surface area contributed by atoms with Crippen LogP contribution in [0.25, 0.3) is 11.5 Å². The number of hydrogen-bond donors (Lipinski definition) is 0. The van der Waals surface area contributed by atoms with Gasteiger partial charge in [0, 0.05) is 17.5 Å². The lowest BCUT2D eigenvalue weighted by molar-refractivity contribution is 0.323.